The van der Waals surface area contributed by atoms with Crippen LogP contribution in [0.15, 0.2) is 82.3 Å². The summed E-state index contributed by atoms with van der Waals surface area (Å²) < 4.78 is 19.0. The normalized spacial score (nSPS) is 10.8. The molecule has 0 spiro atoms. The highest BCUT2D eigenvalue weighted by atomic mass is 16.5. The number of nitrogens with one attached hydrogen (secondary N) is 1. The van der Waals surface area contributed by atoms with Crippen molar-refractivity contribution in [1.29, 1.82) is 0 Å². The van der Waals surface area contributed by atoms with Crippen molar-refractivity contribution in [2.24, 2.45) is 5.10 Å². The lowest BCUT2D eigenvalue weighted by atomic mass is 10.2. The zero-order valence-electron chi connectivity index (χ0n) is 19.5. The van der Waals surface area contributed by atoms with Crippen LogP contribution < -0.4 is 14.9 Å². The maximum Gasteiger partial charge on any atom is 0.307 e. The molecule has 2 aromatic carbocycles. The Hall–Kier alpha value is -4.70. The highest BCUT2D eigenvalue weighted by Crippen LogP contribution is 2.21. The largest absolute Gasteiger partial charge is 0.486 e. The summed E-state index contributed by atoms with van der Waals surface area (Å²) in [5, 5.41) is 3.98. The zero-order chi connectivity index (χ0) is 24.6. The van der Waals surface area contributed by atoms with Gasteiger partial charge in [0.1, 0.15) is 30.5 Å². The van der Waals surface area contributed by atoms with Crippen LogP contribution in [0.1, 0.15) is 33.3 Å². The Morgan fingerprint density at radius 2 is 1.77 bits per heavy atom. The number of hydrogen-bond donors (Lipinski definition) is 1. The Kier molecular flexibility index (Phi) is 7.34. The van der Waals surface area contributed by atoms with E-state index < -0.39 is 5.91 Å². The number of amides is 1. The first-order valence-electron chi connectivity index (χ1n) is 11.0. The second-order valence-electron chi connectivity index (χ2n) is 7.73. The molecule has 176 valence electrons. The van der Waals surface area contributed by atoms with E-state index >= 15 is 0 Å². The van der Waals surface area contributed by atoms with Crippen molar-refractivity contribution >= 4 is 12.1 Å². The van der Waals surface area contributed by atoms with Gasteiger partial charge in [-0.2, -0.15) is 5.10 Å². The molecule has 0 aliphatic carbocycles. The van der Waals surface area contributed by atoms with Gasteiger partial charge in [0.15, 0.2) is 5.76 Å². The van der Waals surface area contributed by atoms with E-state index in [0.717, 1.165) is 5.69 Å². The van der Waals surface area contributed by atoms with Gasteiger partial charge in [-0.05, 0) is 74.5 Å². The SMILES string of the molecule is C#CCOc1ccccc1C=NNC(=O)c1ccc(COc2ccc(-n3c(C)ccc3C)cc2)o1. The number of aromatic nitrogens is 1. The Bertz CT molecular complexity index is 1350. The topological polar surface area (TPSA) is 78.0 Å². The number of hydrogen-bond acceptors (Lipinski definition) is 5. The van der Waals surface area contributed by atoms with Crippen LogP contribution in [0.4, 0.5) is 0 Å². The van der Waals surface area contributed by atoms with Gasteiger partial charge in [-0.3, -0.25) is 4.79 Å². The fraction of sp³-hybridized carbons (Fsp3) is 0.143. The second kappa shape index (κ2) is 10.9. The number of furan rings is 1. The van der Waals surface area contributed by atoms with Gasteiger partial charge < -0.3 is 18.5 Å². The molecule has 0 unspecified atom stereocenters. The van der Waals surface area contributed by atoms with E-state index in [4.69, 9.17) is 20.3 Å². The van der Waals surface area contributed by atoms with Gasteiger partial charge >= 0.3 is 5.91 Å². The first-order valence-corrected chi connectivity index (χ1v) is 11.0. The fourth-order valence-electron chi connectivity index (χ4n) is 3.55. The molecule has 2 aromatic heterocycles. The van der Waals surface area contributed by atoms with Gasteiger partial charge in [-0.15, -0.1) is 6.42 Å². The van der Waals surface area contributed by atoms with E-state index in [1.807, 2.05) is 36.4 Å². The Morgan fingerprint density at radius 3 is 2.51 bits per heavy atom. The van der Waals surface area contributed by atoms with E-state index in [-0.39, 0.29) is 19.0 Å². The fourth-order valence-corrected chi connectivity index (χ4v) is 3.55. The number of hydrazone groups is 1. The molecule has 2 heterocycles. The van der Waals surface area contributed by atoms with Crippen LogP contribution in [-0.4, -0.2) is 23.3 Å². The number of terminal acetylenes is 1. The predicted molar refractivity (Wildman–Crippen MR) is 134 cm³/mol. The van der Waals surface area contributed by atoms with E-state index in [1.165, 1.54) is 17.6 Å². The van der Waals surface area contributed by atoms with Gasteiger partial charge in [0, 0.05) is 22.6 Å². The molecule has 0 bridgehead atoms. The van der Waals surface area contributed by atoms with Crippen molar-refractivity contribution in [3.63, 3.8) is 0 Å². The minimum absolute atomic E-state index is 0.131. The smallest absolute Gasteiger partial charge is 0.307 e. The maximum atomic E-state index is 12.4. The summed E-state index contributed by atoms with van der Waals surface area (Å²) in [5.41, 5.74) is 6.54. The van der Waals surface area contributed by atoms with Gasteiger partial charge in [-0.25, -0.2) is 5.43 Å². The molecule has 35 heavy (non-hydrogen) atoms. The summed E-state index contributed by atoms with van der Waals surface area (Å²) in [6, 6.07) is 22.5. The van der Waals surface area contributed by atoms with Crippen molar-refractivity contribution in [2.45, 2.75) is 20.5 Å². The Balaban J connectivity index is 1.31. The van der Waals surface area contributed by atoms with Crippen molar-refractivity contribution in [3.8, 4) is 29.5 Å². The average molecular weight is 468 g/mol. The van der Waals surface area contributed by atoms with Crippen LogP contribution in [0, 0.1) is 26.2 Å². The van der Waals surface area contributed by atoms with Crippen LogP contribution in [0.5, 0.6) is 11.5 Å². The van der Waals surface area contributed by atoms with E-state index in [1.54, 1.807) is 24.3 Å². The number of carbonyl (C=O) groups is 1. The zero-order valence-corrected chi connectivity index (χ0v) is 19.5. The summed E-state index contributed by atoms with van der Waals surface area (Å²) in [6.07, 6.45) is 6.72. The summed E-state index contributed by atoms with van der Waals surface area (Å²) in [7, 11) is 0. The first-order chi connectivity index (χ1) is 17.0. The van der Waals surface area contributed by atoms with Gasteiger partial charge in [0.25, 0.3) is 0 Å². The Labute approximate surface area is 204 Å². The van der Waals surface area contributed by atoms with Crippen molar-refractivity contribution in [3.05, 3.63) is 101 Å². The van der Waals surface area contributed by atoms with Crippen molar-refractivity contribution in [2.75, 3.05) is 6.61 Å². The number of para-hydroxylation sites is 1. The molecular formula is C28H25N3O4. The summed E-state index contributed by atoms with van der Waals surface area (Å²) in [6.45, 7) is 4.48. The van der Waals surface area contributed by atoms with Gasteiger partial charge in [0.05, 0.1) is 6.21 Å². The van der Waals surface area contributed by atoms with Gasteiger partial charge in [0.2, 0.25) is 0 Å². The van der Waals surface area contributed by atoms with Crippen LogP contribution >= 0.6 is 0 Å². The third-order valence-electron chi connectivity index (χ3n) is 5.23. The molecule has 0 atom stereocenters. The Morgan fingerprint density at radius 1 is 1.03 bits per heavy atom. The lowest BCUT2D eigenvalue weighted by Gasteiger charge is -2.10. The highest BCUT2D eigenvalue weighted by molar-refractivity contribution is 5.92. The molecule has 1 amide bonds. The number of rotatable bonds is 9. The van der Waals surface area contributed by atoms with Crippen LogP contribution in [0.2, 0.25) is 0 Å². The number of benzene rings is 2. The molecule has 0 fully saturated rings. The second-order valence-corrected chi connectivity index (χ2v) is 7.73. The summed E-state index contributed by atoms with van der Waals surface area (Å²) in [4.78, 5) is 12.4. The molecule has 7 nitrogen and oxygen atoms in total. The molecule has 4 aromatic rings. The third kappa shape index (κ3) is 5.81. The number of carbonyl (C=O) groups excluding carboxylic acids is 1. The van der Waals surface area contributed by atoms with Crippen LogP contribution in [0.25, 0.3) is 5.69 Å². The van der Waals surface area contributed by atoms with E-state index in [9.17, 15) is 4.79 Å². The first kappa shape index (κ1) is 23.5. The molecule has 0 saturated carbocycles. The number of nitrogens with zero attached hydrogens (tertiary/aromatic N) is 2. The standard InChI is InChI=1S/C28H25N3O4/c1-4-17-33-26-8-6-5-7-22(26)18-29-30-28(32)27-16-15-25(35-27)19-34-24-13-11-23(12-14-24)31-20(2)9-10-21(31)3/h1,5-16,18H,17,19H2,2-3H3,(H,30,32). The minimum atomic E-state index is -0.476. The lowest BCUT2D eigenvalue weighted by molar-refractivity contribution is 0.0923. The molecule has 0 radical (unpaired) electrons. The lowest BCUT2D eigenvalue weighted by Crippen LogP contribution is -2.16. The van der Waals surface area contributed by atoms with Gasteiger partial charge in [-0.1, -0.05) is 18.1 Å². The third-order valence-corrected chi connectivity index (χ3v) is 5.23. The average Bonchev–Trinajstić information content (AvgIpc) is 3.48. The maximum absolute atomic E-state index is 12.4. The molecular weight excluding hydrogens is 442 g/mol. The van der Waals surface area contributed by atoms with E-state index in [2.05, 4.69) is 47.0 Å². The van der Waals surface area contributed by atoms with Crippen molar-refractivity contribution in [1.82, 2.24) is 9.99 Å². The quantitative estimate of drug-likeness (QED) is 0.212. The summed E-state index contributed by atoms with van der Waals surface area (Å²) in [5.74, 6) is 3.87. The summed E-state index contributed by atoms with van der Waals surface area (Å²) >= 11 is 0. The van der Waals surface area contributed by atoms with Crippen LogP contribution in [0.3, 0.4) is 0 Å². The minimum Gasteiger partial charge on any atom is -0.486 e. The van der Waals surface area contributed by atoms with E-state index in [0.29, 0.717) is 22.8 Å². The molecule has 0 aliphatic rings. The molecule has 0 saturated heterocycles. The van der Waals surface area contributed by atoms with Crippen LogP contribution in [-0.2, 0) is 6.61 Å². The van der Waals surface area contributed by atoms with Crippen molar-refractivity contribution < 1.29 is 18.7 Å². The number of ether oxygens (including phenoxy) is 2. The molecule has 7 heteroatoms. The highest BCUT2D eigenvalue weighted by Gasteiger charge is 2.11. The molecule has 1 N–H and O–H groups in total. The monoisotopic (exact) mass is 467 g/mol. The molecule has 0 aliphatic heterocycles. The predicted octanol–water partition coefficient (Wildman–Crippen LogP) is 5.04. The molecule has 4 rings (SSSR count). The number of aryl methyl sites for hydroxylation is 2.